The van der Waals surface area contributed by atoms with Crippen LogP contribution in [0.2, 0.25) is 0 Å². The number of rotatable bonds is 1. The Hall–Kier alpha value is -1.35. The van der Waals surface area contributed by atoms with Crippen molar-refractivity contribution in [1.29, 1.82) is 0 Å². The summed E-state index contributed by atoms with van der Waals surface area (Å²) in [5.41, 5.74) is 0.774. The molecule has 132 valence electrons. The first-order valence-corrected chi connectivity index (χ1v) is 10.6. The number of amides is 1. The number of fused-ring (bicyclic) bond motifs is 3. The maximum atomic E-state index is 12.6. The summed E-state index contributed by atoms with van der Waals surface area (Å²) >= 11 is 1.41. The van der Waals surface area contributed by atoms with Crippen molar-refractivity contribution in [1.82, 2.24) is 14.9 Å². The Labute approximate surface area is 146 Å². The number of thioether (sulfide) groups is 1. The van der Waals surface area contributed by atoms with Crippen LogP contribution in [0.15, 0.2) is 11.4 Å². The molecule has 9 heteroatoms. The summed E-state index contributed by atoms with van der Waals surface area (Å²) in [5.74, 6) is -0.388. The Balaban J connectivity index is 1.93. The molecule has 2 aliphatic rings. The molecule has 1 aromatic rings. The minimum atomic E-state index is -3.34. The third kappa shape index (κ3) is 3.23. The first kappa shape index (κ1) is 17.5. The minimum absolute atomic E-state index is 0.0691. The zero-order valence-corrected chi connectivity index (χ0v) is 15.8. The molecule has 0 aliphatic carbocycles. The molecular weight excluding hydrogens is 350 g/mol. The normalized spacial score (nSPS) is 25.1. The lowest BCUT2D eigenvalue weighted by Gasteiger charge is -2.25. The average molecular weight is 371 g/mol. The van der Waals surface area contributed by atoms with Crippen molar-refractivity contribution in [2.45, 2.75) is 48.4 Å². The van der Waals surface area contributed by atoms with Crippen molar-refractivity contribution in [3.05, 3.63) is 17.5 Å². The molecule has 1 fully saturated rings. The van der Waals surface area contributed by atoms with Crippen molar-refractivity contribution in [3.8, 4) is 0 Å². The zero-order valence-electron chi connectivity index (χ0n) is 14.1. The third-order valence-corrected chi connectivity index (χ3v) is 6.82. The number of sulfone groups is 1. The second-order valence-corrected chi connectivity index (χ2v) is 10.1. The van der Waals surface area contributed by atoms with Gasteiger partial charge in [0.15, 0.2) is 15.0 Å². The molecule has 0 unspecified atom stereocenters. The van der Waals surface area contributed by atoms with E-state index in [1.54, 1.807) is 27.0 Å². The largest absolute Gasteiger partial charge is 0.444 e. The molecule has 0 spiro atoms. The van der Waals surface area contributed by atoms with Crippen LogP contribution in [0.25, 0.3) is 0 Å². The van der Waals surface area contributed by atoms with Gasteiger partial charge in [-0.3, -0.25) is 0 Å². The van der Waals surface area contributed by atoms with Gasteiger partial charge in [0.25, 0.3) is 0 Å². The molecule has 2 aliphatic heterocycles. The van der Waals surface area contributed by atoms with Crippen LogP contribution in [0, 0.1) is 0 Å². The van der Waals surface area contributed by atoms with Gasteiger partial charge in [0, 0.05) is 30.8 Å². The number of likely N-dealkylation sites (tertiary alicyclic amines) is 1. The molecule has 24 heavy (non-hydrogen) atoms. The van der Waals surface area contributed by atoms with Crippen LogP contribution >= 0.6 is 11.8 Å². The molecule has 3 heterocycles. The fourth-order valence-corrected chi connectivity index (χ4v) is 5.47. The molecule has 1 amide bonds. The number of hydrogen-bond acceptors (Lipinski definition) is 7. The lowest BCUT2D eigenvalue weighted by molar-refractivity contribution is 0.0293. The van der Waals surface area contributed by atoms with Crippen molar-refractivity contribution in [2.24, 2.45) is 0 Å². The Morgan fingerprint density at radius 1 is 1.38 bits per heavy atom. The van der Waals surface area contributed by atoms with Gasteiger partial charge in [-0.1, -0.05) is 11.8 Å². The Morgan fingerprint density at radius 2 is 2.08 bits per heavy atom. The molecule has 7 nitrogen and oxygen atoms in total. The summed E-state index contributed by atoms with van der Waals surface area (Å²) in [4.78, 5) is 22.5. The predicted octanol–water partition coefficient (Wildman–Crippen LogP) is 1.83. The Kier molecular flexibility index (Phi) is 4.28. The van der Waals surface area contributed by atoms with E-state index < -0.39 is 26.8 Å². The van der Waals surface area contributed by atoms with Crippen LogP contribution in [0.5, 0.6) is 0 Å². The summed E-state index contributed by atoms with van der Waals surface area (Å²) in [6.07, 6.45) is 2.99. The van der Waals surface area contributed by atoms with E-state index in [0.717, 1.165) is 5.69 Å². The predicted molar refractivity (Wildman–Crippen MR) is 90.8 cm³/mol. The van der Waals surface area contributed by atoms with E-state index in [9.17, 15) is 13.2 Å². The Morgan fingerprint density at radius 3 is 2.71 bits per heavy atom. The number of carbonyl (C=O) groups excluding carboxylic acids is 1. The maximum Gasteiger partial charge on any atom is 0.410 e. The molecule has 3 rings (SSSR count). The van der Waals surface area contributed by atoms with Crippen LogP contribution < -0.4 is 0 Å². The molecule has 0 radical (unpaired) electrons. The molecule has 0 N–H and O–H groups in total. The number of aromatic nitrogens is 2. The van der Waals surface area contributed by atoms with Gasteiger partial charge >= 0.3 is 6.09 Å². The lowest BCUT2D eigenvalue weighted by atomic mass is 10.00. The van der Waals surface area contributed by atoms with Gasteiger partial charge in [-0.25, -0.2) is 23.2 Å². The van der Waals surface area contributed by atoms with E-state index >= 15 is 0 Å². The van der Waals surface area contributed by atoms with Crippen LogP contribution in [0.1, 0.15) is 37.9 Å². The second kappa shape index (κ2) is 5.87. The van der Waals surface area contributed by atoms with Crippen molar-refractivity contribution < 1.29 is 17.9 Å². The number of hydrogen-bond donors (Lipinski definition) is 0. The van der Waals surface area contributed by atoms with Gasteiger partial charge in [-0.2, -0.15) is 0 Å². The van der Waals surface area contributed by atoms with Gasteiger partial charge in [0.1, 0.15) is 5.60 Å². The second-order valence-electron chi connectivity index (χ2n) is 7.10. The third-order valence-electron chi connectivity index (χ3n) is 4.15. The topological polar surface area (TPSA) is 89.5 Å². The monoisotopic (exact) mass is 371 g/mol. The maximum absolute atomic E-state index is 12.6. The van der Waals surface area contributed by atoms with E-state index in [0.29, 0.717) is 17.3 Å². The summed E-state index contributed by atoms with van der Waals surface area (Å²) in [6, 6.07) is 0. The molecule has 0 saturated carbocycles. The minimum Gasteiger partial charge on any atom is -0.444 e. The Bertz CT molecular complexity index is 773. The quantitative estimate of drug-likeness (QED) is 0.549. The fourth-order valence-electron chi connectivity index (χ4n) is 3.13. The molecule has 0 bridgehead atoms. The lowest BCUT2D eigenvalue weighted by Crippen LogP contribution is -2.37. The van der Waals surface area contributed by atoms with Crippen molar-refractivity contribution in [3.63, 3.8) is 0 Å². The number of ether oxygens (including phenoxy) is 1. The summed E-state index contributed by atoms with van der Waals surface area (Å²) < 4.78 is 30.6. The van der Waals surface area contributed by atoms with E-state index in [4.69, 9.17) is 4.74 Å². The number of carbonyl (C=O) groups is 1. The highest BCUT2D eigenvalue weighted by Crippen LogP contribution is 2.39. The van der Waals surface area contributed by atoms with E-state index in [1.807, 2.05) is 6.26 Å². The van der Waals surface area contributed by atoms with Gasteiger partial charge in [0.2, 0.25) is 0 Å². The van der Waals surface area contributed by atoms with E-state index in [1.165, 1.54) is 16.7 Å². The van der Waals surface area contributed by atoms with Crippen molar-refractivity contribution >= 4 is 27.7 Å². The molecule has 2 atom stereocenters. The number of nitrogens with zero attached hydrogens (tertiary/aromatic N) is 3. The smallest absolute Gasteiger partial charge is 0.410 e. The first-order chi connectivity index (χ1) is 11.1. The highest BCUT2D eigenvalue weighted by molar-refractivity contribution is 7.98. The highest BCUT2D eigenvalue weighted by Gasteiger charge is 2.49. The van der Waals surface area contributed by atoms with E-state index in [2.05, 4.69) is 9.97 Å². The van der Waals surface area contributed by atoms with Crippen LogP contribution in [0.4, 0.5) is 4.79 Å². The first-order valence-electron chi connectivity index (χ1n) is 7.70. The average Bonchev–Trinajstić information content (AvgIpc) is 2.91. The molecular formula is C15H21N3O4S2. The van der Waals surface area contributed by atoms with Crippen LogP contribution in [-0.4, -0.2) is 59.6 Å². The summed E-state index contributed by atoms with van der Waals surface area (Å²) in [5, 5.41) is -0.00959. The van der Waals surface area contributed by atoms with Crippen molar-refractivity contribution in [2.75, 3.05) is 19.3 Å². The van der Waals surface area contributed by atoms with Gasteiger partial charge in [-0.05, 0) is 27.0 Å². The molecule has 0 aromatic carbocycles. The summed E-state index contributed by atoms with van der Waals surface area (Å²) in [7, 11) is -3.34. The molecule has 1 aromatic heterocycles. The van der Waals surface area contributed by atoms with Gasteiger partial charge in [-0.15, -0.1) is 0 Å². The standard InChI is InChI=1S/C15H21N3O4S2/c1-15(2,3)22-14(19)18-6-10-11(7-18)24(20,21)8-9-5-16-13(23-4)17-12(9)10/h5,10-11H,6-8H2,1-4H3/t10-,11+/m0/s1. The molecule has 1 saturated heterocycles. The SMILES string of the molecule is CSc1ncc2c(n1)[C@H]1CN(C(=O)OC(C)(C)C)C[C@H]1S(=O)(=O)C2. The zero-order chi connectivity index (χ0) is 17.7. The van der Waals surface area contributed by atoms with Crippen LogP contribution in [0.3, 0.4) is 0 Å². The highest BCUT2D eigenvalue weighted by atomic mass is 32.2. The summed E-state index contributed by atoms with van der Waals surface area (Å²) in [6.45, 7) is 5.82. The van der Waals surface area contributed by atoms with E-state index in [-0.39, 0.29) is 18.2 Å². The fraction of sp³-hybridized carbons (Fsp3) is 0.667. The van der Waals surface area contributed by atoms with Gasteiger partial charge < -0.3 is 9.64 Å². The van der Waals surface area contributed by atoms with Crippen LogP contribution in [-0.2, 0) is 20.3 Å². The van der Waals surface area contributed by atoms with Gasteiger partial charge in [0.05, 0.1) is 16.7 Å².